The zero-order valence-corrected chi connectivity index (χ0v) is 11.4. The number of nitriles is 1. The number of hydrogen-bond acceptors (Lipinski definition) is 4. The van der Waals surface area contributed by atoms with Gasteiger partial charge in [0.25, 0.3) is 5.91 Å². The van der Waals surface area contributed by atoms with Gasteiger partial charge >= 0.3 is 0 Å². The number of carbonyl (C=O) groups excluding carboxylic acids is 1. The number of aryl methyl sites for hydroxylation is 1. The Kier molecular flexibility index (Phi) is 4.23. The molecular formula is C13H11ClN4O2. The maximum absolute atomic E-state index is 11.7. The molecular weight excluding hydrogens is 280 g/mol. The molecule has 0 bridgehead atoms. The Hall–Kier alpha value is -2.52. The lowest BCUT2D eigenvalue weighted by molar-refractivity contribution is -0.118. The summed E-state index contributed by atoms with van der Waals surface area (Å²) >= 11 is 5.74. The van der Waals surface area contributed by atoms with E-state index in [1.807, 2.05) is 6.07 Å². The van der Waals surface area contributed by atoms with Gasteiger partial charge in [-0.3, -0.25) is 9.48 Å². The average Bonchev–Trinajstić information content (AvgIpc) is 2.78. The molecule has 0 saturated carbocycles. The zero-order valence-electron chi connectivity index (χ0n) is 10.6. The van der Waals surface area contributed by atoms with E-state index in [-0.39, 0.29) is 12.4 Å². The van der Waals surface area contributed by atoms with Gasteiger partial charge in [-0.1, -0.05) is 11.6 Å². The summed E-state index contributed by atoms with van der Waals surface area (Å²) in [5, 5.41) is 16.0. The van der Waals surface area contributed by atoms with Gasteiger partial charge in [0.15, 0.2) is 12.4 Å². The first-order valence-corrected chi connectivity index (χ1v) is 6.08. The summed E-state index contributed by atoms with van der Waals surface area (Å²) in [5.41, 5.74) is 0.298. The van der Waals surface area contributed by atoms with Crippen molar-refractivity contribution in [1.82, 2.24) is 9.78 Å². The van der Waals surface area contributed by atoms with Gasteiger partial charge in [-0.2, -0.15) is 10.4 Å². The number of amides is 1. The second kappa shape index (κ2) is 6.08. The Labute approximate surface area is 120 Å². The van der Waals surface area contributed by atoms with E-state index in [2.05, 4.69) is 10.4 Å². The molecule has 0 unspecified atom stereocenters. The molecule has 1 amide bonds. The smallest absolute Gasteiger partial charge is 0.263 e. The van der Waals surface area contributed by atoms with E-state index in [0.717, 1.165) is 0 Å². The van der Waals surface area contributed by atoms with Crippen molar-refractivity contribution in [1.29, 1.82) is 5.26 Å². The highest BCUT2D eigenvalue weighted by Gasteiger charge is 2.11. The van der Waals surface area contributed by atoms with Gasteiger partial charge in [0.05, 0.1) is 0 Å². The molecule has 0 saturated heterocycles. The molecule has 1 N–H and O–H groups in total. The number of hydrogen-bond donors (Lipinski definition) is 1. The summed E-state index contributed by atoms with van der Waals surface area (Å²) in [5.74, 6) is 0.362. The number of carbonyl (C=O) groups is 1. The minimum Gasteiger partial charge on any atom is -0.484 e. The summed E-state index contributed by atoms with van der Waals surface area (Å²) in [6.45, 7) is -0.178. The van der Waals surface area contributed by atoms with E-state index < -0.39 is 5.91 Å². The van der Waals surface area contributed by atoms with Crippen molar-refractivity contribution in [3.05, 3.63) is 41.0 Å². The summed E-state index contributed by atoms with van der Waals surface area (Å²) in [6.07, 6.45) is 1.52. The zero-order chi connectivity index (χ0) is 14.5. The monoisotopic (exact) mass is 290 g/mol. The minimum absolute atomic E-state index is 0.178. The number of ether oxygens (including phenoxy) is 1. The number of nitrogens with one attached hydrogen (secondary N) is 1. The number of aromatic nitrogens is 2. The number of nitrogens with zero attached hydrogens (tertiary/aromatic N) is 3. The van der Waals surface area contributed by atoms with Crippen molar-refractivity contribution in [3.63, 3.8) is 0 Å². The van der Waals surface area contributed by atoms with Gasteiger partial charge in [0, 0.05) is 18.3 Å². The van der Waals surface area contributed by atoms with E-state index in [4.69, 9.17) is 21.6 Å². The fourth-order valence-electron chi connectivity index (χ4n) is 1.51. The first-order chi connectivity index (χ1) is 9.58. The molecule has 0 aliphatic heterocycles. The lowest BCUT2D eigenvalue weighted by atomic mass is 10.3. The van der Waals surface area contributed by atoms with Crippen LogP contribution in [0.15, 0.2) is 30.5 Å². The van der Waals surface area contributed by atoms with Gasteiger partial charge in [0.2, 0.25) is 0 Å². The van der Waals surface area contributed by atoms with Crippen LogP contribution in [0.4, 0.5) is 5.82 Å². The molecule has 0 aliphatic carbocycles. The van der Waals surface area contributed by atoms with E-state index in [1.54, 1.807) is 31.3 Å². The van der Waals surface area contributed by atoms with Crippen LogP contribution in [0.25, 0.3) is 0 Å². The lowest BCUT2D eigenvalue weighted by Crippen LogP contribution is -2.21. The predicted octanol–water partition coefficient (Wildman–Crippen LogP) is 1.96. The summed E-state index contributed by atoms with van der Waals surface area (Å²) in [7, 11) is 1.67. The molecule has 2 aromatic rings. The fourth-order valence-corrected chi connectivity index (χ4v) is 1.64. The van der Waals surface area contributed by atoms with E-state index in [1.165, 1.54) is 10.9 Å². The molecule has 20 heavy (non-hydrogen) atoms. The number of benzene rings is 1. The number of rotatable bonds is 4. The third kappa shape index (κ3) is 3.49. The van der Waals surface area contributed by atoms with E-state index in [0.29, 0.717) is 16.3 Å². The molecule has 0 spiro atoms. The van der Waals surface area contributed by atoms with Crippen LogP contribution < -0.4 is 10.1 Å². The van der Waals surface area contributed by atoms with Crippen LogP contribution in [0.3, 0.4) is 0 Å². The van der Waals surface area contributed by atoms with Crippen molar-refractivity contribution in [2.24, 2.45) is 7.05 Å². The van der Waals surface area contributed by atoms with Crippen molar-refractivity contribution < 1.29 is 9.53 Å². The van der Waals surface area contributed by atoms with Gasteiger partial charge in [-0.25, -0.2) is 0 Å². The molecule has 0 fully saturated rings. The van der Waals surface area contributed by atoms with Crippen LogP contribution in [-0.2, 0) is 11.8 Å². The normalized spacial score (nSPS) is 9.85. The topological polar surface area (TPSA) is 79.9 Å². The van der Waals surface area contributed by atoms with Crippen molar-refractivity contribution in [2.45, 2.75) is 0 Å². The molecule has 2 rings (SSSR count). The SMILES string of the molecule is Cn1cc(C#N)c(NC(=O)COc2ccc(Cl)cc2)n1. The molecule has 0 radical (unpaired) electrons. The van der Waals surface area contributed by atoms with Crippen LogP contribution in [0, 0.1) is 11.3 Å². The Morgan fingerprint density at radius 2 is 2.20 bits per heavy atom. The number of anilines is 1. The molecule has 1 aromatic heterocycles. The standard InChI is InChI=1S/C13H11ClN4O2/c1-18-7-9(6-15)13(17-18)16-12(19)8-20-11-4-2-10(14)3-5-11/h2-5,7H,8H2,1H3,(H,16,17,19). The second-order valence-corrected chi connectivity index (χ2v) is 4.40. The Balaban J connectivity index is 1.92. The van der Waals surface area contributed by atoms with Gasteiger partial charge < -0.3 is 10.1 Å². The average molecular weight is 291 g/mol. The van der Waals surface area contributed by atoms with Gasteiger partial charge in [-0.15, -0.1) is 0 Å². The van der Waals surface area contributed by atoms with Crippen LogP contribution in [0.5, 0.6) is 5.75 Å². The minimum atomic E-state index is -0.393. The quantitative estimate of drug-likeness (QED) is 0.933. The second-order valence-electron chi connectivity index (χ2n) is 3.97. The third-order valence-electron chi connectivity index (χ3n) is 2.39. The maximum Gasteiger partial charge on any atom is 0.263 e. The fraction of sp³-hybridized carbons (Fsp3) is 0.154. The third-order valence-corrected chi connectivity index (χ3v) is 2.64. The molecule has 1 heterocycles. The van der Waals surface area contributed by atoms with Crippen LogP contribution >= 0.6 is 11.6 Å². The van der Waals surface area contributed by atoms with Gasteiger partial charge in [0.1, 0.15) is 17.4 Å². The molecule has 0 atom stereocenters. The highest BCUT2D eigenvalue weighted by molar-refractivity contribution is 6.30. The first kappa shape index (κ1) is 13.9. The maximum atomic E-state index is 11.7. The van der Waals surface area contributed by atoms with Crippen molar-refractivity contribution in [3.8, 4) is 11.8 Å². The first-order valence-electron chi connectivity index (χ1n) is 5.70. The Bertz CT molecular complexity index is 658. The van der Waals surface area contributed by atoms with Crippen molar-refractivity contribution in [2.75, 3.05) is 11.9 Å². The molecule has 0 aliphatic rings. The summed E-state index contributed by atoms with van der Waals surface area (Å²) in [6, 6.07) is 8.61. The van der Waals surface area contributed by atoms with Crippen molar-refractivity contribution >= 4 is 23.3 Å². The molecule has 1 aromatic carbocycles. The molecule has 6 nitrogen and oxygen atoms in total. The predicted molar refractivity (Wildman–Crippen MR) is 73.5 cm³/mol. The highest BCUT2D eigenvalue weighted by atomic mass is 35.5. The number of halogens is 1. The Morgan fingerprint density at radius 1 is 1.50 bits per heavy atom. The summed E-state index contributed by atoms with van der Waals surface area (Å²) < 4.78 is 6.74. The van der Waals surface area contributed by atoms with Crippen LogP contribution in [0.1, 0.15) is 5.56 Å². The highest BCUT2D eigenvalue weighted by Crippen LogP contribution is 2.15. The van der Waals surface area contributed by atoms with E-state index in [9.17, 15) is 4.79 Å². The van der Waals surface area contributed by atoms with Crippen LogP contribution in [-0.4, -0.2) is 22.3 Å². The summed E-state index contributed by atoms with van der Waals surface area (Å²) in [4.78, 5) is 11.7. The molecule has 7 heteroatoms. The van der Waals surface area contributed by atoms with Crippen LogP contribution in [0.2, 0.25) is 5.02 Å². The molecule has 102 valence electrons. The lowest BCUT2D eigenvalue weighted by Gasteiger charge is -2.06. The van der Waals surface area contributed by atoms with E-state index >= 15 is 0 Å². The van der Waals surface area contributed by atoms with Gasteiger partial charge in [-0.05, 0) is 24.3 Å². The largest absolute Gasteiger partial charge is 0.484 e. The Morgan fingerprint density at radius 3 is 2.85 bits per heavy atom.